The summed E-state index contributed by atoms with van der Waals surface area (Å²) in [6.07, 6.45) is 9.84. The minimum atomic E-state index is -0.271. The van der Waals surface area contributed by atoms with Gasteiger partial charge in [0.15, 0.2) is 5.76 Å². The molecule has 1 amide bonds. The Bertz CT molecular complexity index is 476. The van der Waals surface area contributed by atoms with E-state index in [1.165, 1.54) is 0 Å². The molecule has 3 rings (SSSR count). The van der Waals surface area contributed by atoms with E-state index in [-0.39, 0.29) is 11.4 Å². The number of amides is 1. The third-order valence-electron chi connectivity index (χ3n) is 3.81. The number of aromatic nitrogens is 1. The van der Waals surface area contributed by atoms with Crippen molar-refractivity contribution in [3.63, 3.8) is 0 Å². The highest BCUT2D eigenvalue weighted by Gasteiger charge is 2.40. The average molecular weight is 278 g/mol. The molecule has 0 unspecified atom stereocenters. The third kappa shape index (κ3) is 2.52. The lowest BCUT2D eigenvalue weighted by Crippen LogP contribution is -2.44. The summed E-state index contributed by atoms with van der Waals surface area (Å²) in [5.41, 5.74) is -0.271. The summed E-state index contributed by atoms with van der Waals surface area (Å²) in [7, 11) is 0. The van der Waals surface area contributed by atoms with E-state index in [2.05, 4.69) is 10.3 Å². The van der Waals surface area contributed by atoms with Crippen LogP contribution in [0.4, 0.5) is 0 Å². The van der Waals surface area contributed by atoms with Gasteiger partial charge in [0.1, 0.15) is 5.01 Å². The SMILES string of the molecule is O=C(NC1(c2nccs2)CCCC1)C1=CCCCO1. The molecule has 1 aliphatic carbocycles. The number of allylic oxidation sites excluding steroid dienone is 1. The molecule has 19 heavy (non-hydrogen) atoms. The molecule has 0 bridgehead atoms. The van der Waals surface area contributed by atoms with Crippen molar-refractivity contribution in [2.45, 2.75) is 44.1 Å². The number of hydrogen-bond donors (Lipinski definition) is 1. The van der Waals surface area contributed by atoms with Crippen molar-refractivity contribution >= 4 is 17.2 Å². The molecule has 0 spiro atoms. The molecule has 1 aromatic rings. The molecule has 1 aromatic heterocycles. The molecule has 102 valence electrons. The number of thiazole rings is 1. The van der Waals surface area contributed by atoms with Crippen LogP contribution in [-0.2, 0) is 15.1 Å². The molecule has 1 saturated carbocycles. The predicted molar refractivity (Wildman–Crippen MR) is 73.7 cm³/mol. The van der Waals surface area contributed by atoms with Crippen molar-refractivity contribution in [1.29, 1.82) is 0 Å². The Balaban J connectivity index is 1.79. The van der Waals surface area contributed by atoms with Gasteiger partial charge < -0.3 is 10.1 Å². The average Bonchev–Trinajstić information content (AvgIpc) is 3.11. The van der Waals surface area contributed by atoms with Gasteiger partial charge in [-0.2, -0.15) is 0 Å². The fraction of sp³-hybridized carbons (Fsp3) is 0.571. The Morgan fingerprint density at radius 1 is 1.37 bits per heavy atom. The van der Waals surface area contributed by atoms with E-state index >= 15 is 0 Å². The zero-order valence-electron chi connectivity index (χ0n) is 10.9. The largest absolute Gasteiger partial charge is 0.488 e. The maximum Gasteiger partial charge on any atom is 0.286 e. The number of hydrogen-bond acceptors (Lipinski definition) is 4. The van der Waals surface area contributed by atoms with Crippen molar-refractivity contribution in [3.05, 3.63) is 28.4 Å². The summed E-state index contributed by atoms with van der Waals surface area (Å²) >= 11 is 1.62. The lowest BCUT2D eigenvalue weighted by molar-refractivity contribution is -0.123. The highest BCUT2D eigenvalue weighted by molar-refractivity contribution is 7.09. The first-order valence-corrected chi connectivity index (χ1v) is 7.74. The zero-order chi connectivity index (χ0) is 13.1. The van der Waals surface area contributed by atoms with Gasteiger partial charge in [0.25, 0.3) is 5.91 Å². The van der Waals surface area contributed by atoms with Crippen molar-refractivity contribution in [3.8, 4) is 0 Å². The Hall–Kier alpha value is -1.36. The molecular formula is C14H18N2O2S. The summed E-state index contributed by atoms with van der Waals surface area (Å²) in [6, 6.07) is 0. The molecular weight excluding hydrogens is 260 g/mol. The number of carbonyl (C=O) groups excluding carboxylic acids is 1. The van der Waals surface area contributed by atoms with E-state index in [4.69, 9.17) is 4.74 Å². The highest BCUT2D eigenvalue weighted by Crippen LogP contribution is 2.39. The van der Waals surface area contributed by atoms with Crippen LogP contribution in [0.3, 0.4) is 0 Å². The Morgan fingerprint density at radius 2 is 2.21 bits per heavy atom. The van der Waals surface area contributed by atoms with Gasteiger partial charge in [-0.25, -0.2) is 4.98 Å². The Kier molecular flexibility index (Phi) is 3.55. The Labute approximate surface area is 116 Å². The smallest absolute Gasteiger partial charge is 0.286 e. The molecule has 2 heterocycles. The van der Waals surface area contributed by atoms with Crippen molar-refractivity contribution in [2.24, 2.45) is 0 Å². The number of ether oxygens (including phenoxy) is 1. The first-order valence-electron chi connectivity index (χ1n) is 6.86. The minimum absolute atomic E-state index is 0.0863. The summed E-state index contributed by atoms with van der Waals surface area (Å²) in [5.74, 6) is 0.394. The van der Waals surface area contributed by atoms with Gasteiger partial charge in [-0.15, -0.1) is 11.3 Å². The molecule has 0 aromatic carbocycles. The summed E-state index contributed by atoms with van der Waals surface area (Å²) in [6.45, 7) is 0.642. The van der Waals surface area contributed by atoms with Crippen LogP contribution < -0.4 is 5.32 Å². The van der Waals surface area contributed by atoms with Gasteiger partial charge in [-0.3, -0.25) is 4.79 Å². The fourth-order valence-electron chi connectivity index (χ4n) is 2.83. The number of nitrogens with zero attached hydrogens (tertiary/aromatic N) is 1. The van der Waals surface area contributed by atoms with E-state index in [0.717, 1.165) is 43.5 Å². The van der Waals surface area contributed by atoms with Crippen LogP contribution in [0.15, 0.2) is 23.4 Å². The maximum atomic E-state index is 12.3. The second kappa shape index (κ2) is 5.33. The number of rotatable bonds is 3. The monoisotopic (exact) mass is 278 g/mol. The van der Waals surface area contributed by atoms with Crippen molar-refractivity contribution in [1.82, 2.24) is 10.3 Å². The second-order valence-electron chi connectivity index (χ2n) is 5.14. The fourth-order valence-corrected chi connectivity index (χ4v) is 3.68. The lowest BCUT2D eigenvalue weighted by Gasteiger charge is -2.29. The van der Waals surface area contributed by atoms with E-state index in [0.29, 0.717) is 12.4 Å². The molecule has 0 radical (unpaired) electrons. The van der Waals surface area contributed by atoms with Crippen molar-refractivity contribution < 1.29 is 9.53 Å². The Morgan fingerprint density at radius 3 is 2.84 bits per heavy atom. The first kappa shape index (κ1) is 12.7. The van der Waals surface area contributed by atoms with E-state index in [1.54, 1.807) is 11.3 Å². The van der Waals surface area contributed by atoms with Crippen LogP contribution in [-0.4, -0.2) is 17.5 Å². The van der Waals surface area contributed by atoms with Gasteiger partial charge >= 0.3 is 0 Å². The summed E-state index contributed by atoms with van der Waals surface area (Å²) in [5, 5.41) is 6.17. The van der Waals surface area contributed by atoms with E-state index in [1.807, 2.05) is 17.7 Å². The minimum Gasteiger partial charge on any atom is -0.488 e. The molecule has 2 aliphatic rings. The topological polar surface area (TPSA) is 51.2 Å². The van der Waals surface area contributed by atoms with Crippen LogP contribution in [0.1, 0.15) is 43.5 Å². The van der Waals surface area contributed by atoms with Crippen LogP contribution in [0, 0.1) is 0 Å². The van der Waals surface area contributed by atoms with Crippen LogP contribution in [0.5, 0.6) is 0 Å². The van der Waals surface area contributed by atoms with E-state index < -0.39 is 0 Å². The molecule has 1 aliphatic heterocycles. The van der Waals surface area contributed by atoms with Gasteiger partial charge in [0.2, 0.25) is 0 Å². The quantitative estimate of drug-likeness (QED) is 0.925. The molecule has 1 N–H and O–H groups in total. The maximum absolute atomic E-state index is 12.3. The van der Waals surface area contributed by atoms with Crippen LogP contribution in [0.25, 0.3) is 0 Å². The molecule has 4 nitrogen and oxygen atoms in total. The highest BCUT2D eigenvalue weighted by atomic mass is 32.1. The first-order chi connectivity index (χ1) is 9.30. The standard InChI is InChI=1S/C14H18N2O2S/c17-12(11-5-1-4-9-18-11)16-14(6-2-3-7-14)13-15-8-10-19-13/h5,8,10H,1-4,6-7,9H2,(H,16,17). The third-order valence-corrected chi connectivity index (χ3v) is 4.79. The molecule has 1 fully saturated rings. The normalized spacial score (nSPS) is 21.6. The second-order valence-corrected chi connectivity index (χ2v) is 6.03. The van der Waals surface area contributed by atoms with Crippen molar-refractivity contribution in [2.75, 3.05) is 6.61 Å². The summed E-state index contributed by atoms with van der Waals surface area (Å²) < 4.78 is 5.44. The summed E-state index contributed by atoms with van der Waals surface area (Å²) in [4.78, 5) is 16.7. The molecule has 0 atom stereocenters. The predicted octanol–water partition coefficient (Wildman–Crippen LogP) is 2.72. The van der Waals surface area contributed by atoms with Gasteiger partial charge in [-0.1, -0.05) is 12.8 Å². The number of carbonyl (C=O) groups is 1. The zero-order valence-corrected chi connectivity index (χ0v) is 11.7. The van der Waals surface area contributed by atoms with Crippen LogP contribution in [0.2, 0.25) is 0 Å². The van der Waals surface area contributed by atoms with Gasteiger partial charge in [0, 0.05) is 11.6 Å². The molecule has 5 heteroatoms. The lowest BCUT2D eigenvalue weighted by atomic mass is 9.98. The number of nitrogens with one attached hydrogen (secondary N) is 1. The van der Waals surface area contributed by atoms with Crippen LogP contribution >= 0.6 is 11.3 Å². The van der Waals surface area contributed by atoms with Gasteiger partial charge in [0.05, 0.1) is 12.1 Å². The van der Waals surface area contributed by atoms with Gasteiger partial charge in [-0.05, 0) is 31.8 Å². The molecule has 0 saturated heterocycles. The van der Waals surface area contributed by atoms with E-state index in [9.17, 15) is 4.79 Å².